The molecule has 2 rings (SSSR count). The SMILES string of the molecule is CC1CN(C2CNC(C)(C)C2)C(C)CO1. The van der Waals surface area contributed by atoms with Crippen LogP contribution in [0.3, 0.4) is 0 Å². The molecule has 88 valence electrons. The number of hydrogen-bond donors (Lipinski definition) is 1. The maximum Gasteiger partial charge on any atom is 0.0674 e. The molecule has 3 unspecified atom stereocenters. The van der Waals surface area contributed by atoms with Gasteiger partial charge in [0, 0.05) is 30.7 Å². The van der Waals surface area contributed by atoms with Gasteiger partial charge in [-0.25, -0.2) is 0 Å². The predicted molar refractivity (Wildman–Crippen MR) is 62.1 cm³/mol. The van der Waals surface area contributed by atoms with Crippen molar-refractivity contribution in [2.75, 3.05) is 19.7 Å². The molecule has 1 N–H and O–H groups in total. The first kappa shape index (κ1) is 11.4. The summed E-state index contributed by atoms with van der Waals surface area (Å²) in [5.41, 5.74) is 0.311. The first-order valence-electron chi connectivity index (χ1n) is 6.10. The number of rotatable bonds is 1. The van der Waals surface area contributed by atoms with Crippen LogP contribution in [0.4, 0.5) is 0 Å². The predicted octanol–water partition coefficient (Wildman–Crippen LogP) is 1.24. The van der Waals surface area contributed by atoms with Crippen LogP contribution in [0.1, 0.15) is 34.1 Å². The molecule has 0 aromatic rings. The van der Waals surface area contributed by atoms with Crippen LogP contribution in [0, 0.1) is 0 Å². The lowest BCUT2D eigenvalue weighted by Crippen LogP contribution is -2.52. The second kappa shape index (κ2) is 4.04. The fourth-order valence-electron chi connectivity index (χ4n) is 2.80. The molecule has 2 aliphatic rings. The van der Waals surface area contributed by atoms with Crippen molar-refractivity contribution >= 4 is 0 Å². The van der Waals surface area contributed by atoms with Crippen molar-refractivity contribution < 1.29 is 4.74 Å². The Morgan fingerprint density at radius 1 is 1.33 bits per heavy atom. The van der Waals surface area contributed by atoms with Crippen LogP contribution in [0.2, 0.25) is 0 Å². The summed E-state index contributed by atoms with van der Waals surface area (Å²) in [6, 6.07) is 1.27. The highest BCUT2D eigenvalue weighted by molar-refractivity contribution is 4.96. The highest BCUT2D eigenvalue weighted by Crippen LogP contribution is 2.25. The van der Waals surface area contributed by atoms with Gasteiger partial charge in [0.25, 0.3) is 0 Å². The Morgan fingerprint density at radius 2 is 2.07 bits per heavy atom. The molecule has 3 nitrogen and oxygen atoms in total. The molecule has 3 heteroatoms. The molecule has 2 fully saturated rings. The van der Waals surface area contributed by atoms with Crippen molar-refractivity contribution in [2.45, 2.75) is 57.8 Å². The van der Waals surface area contributed by atoms with Gasteiger partial charge in [0.05, 0.1) is 12.7 Å². The van der Waals surface area contributed by atoms with Gasteiger partial charge in [-0.05, 0) is 34.1 Å². The molecule has 0 saturated carbocycles. The lowest BCUT2D eigenvalue weighted by Gasteiger charge is -2.40. The van der Waals surface area contributed by atoms with Gasteiger partial charge in [-0.2, -0.15) is 0 Å². The molecule has 0 bridgehead atoms. The third kappa shape index (κ3) is 2.52. The van der Waals surface area contributed by atoms with Crippen molar-refractivity contribution in [1.82, 2.24) is 10.2 Å². The van der Waals surface area contributed by atoms with E-state index in [0.717, 1.165) is 19.7 Å². The van der Waals surface area contributed by atoms with Crippen molar-refractivity contribution in [1.29, 1.82) is 0 Å². The summed E-state index contributed by atoms with van der Waals surface area (Å²) >= 11 is 0. The molecule has 15 heavy (non-hydrogen) atoms. The van der Waals surface area contributed by atoms with Crippen molar-refractivity contribution in [3.8, 4) is 0 Å². The van der Waals surface area contributed by atoms with E-state index in [1.54, 1.807) is 0 Å². The third-order valence-electron chi connectivity index (χ3n) is 3.69. The minimum absolute atomic E-state index is 0.311. The lowest BCUT2D eigenvalue weighted by atomic mass is 9.99. The lowest BCUT2D eigenvalue weighted by molar-refractivity contribution is -0.0637. The van der Waals surface area contributed by atoms with E-state index in [-0.39, 0.29) is 0 Å². The summed E-state index contributed by atoms with van der Waals surface area (Å²) in [6.45, 7) is 12.1. The Labute approximate surface area is 93.2 Å². The summed E-state index contributed by atoms with van der Waals surface area (Å²) in [5.74, 6) is 0. The van der Waals surface area contributed by atoms with Crippen molar-refractivity contribution in [3.63, 3.8) is 0 Å². The minimum atomic E-state index is 0.311. The molecule has 0 aromatic carbocycles. The number of nitrogens with zero attached hydrogens (tertiary/aromatic N) is 1. The zero-order valence-corrected chi connectivity index (χ0v) is 10.4. The van der Waals surface area contributed by atoms with Gasteiger partial charge in [-0.15, -0.1) is 0 Å². The highest BCUT2D eigenvalue weighted by Gasteiger charge is 2.37. The van der Waals surface area contributed by atoms with E-state index >= 15 is 0 Å². The fraction of sp³-hybridized carbons (Fsp3) is 1.00. The Balaban J connectivity index is 1.97. The van der Waals surface area contributed by atoms with Crippen molar-refractivity contribution in [3.05, 3.63) is 0 Å². The number of ether oxygens (including phenoxy) is 1. The molecule has 0 aliphatic carbocycles. The van der Waals surface area contributed by atoms with Gasteiger partial charge < -0.3 is 10.1 Å². The zero-order valence-electron chi connectivity index (χ0n) is 10.4. The largest absolute Gasteiger partial charge is 0.376 e. The quantitative estimate of drug-likeness (QED) is 0.707. The van der Waals surface area contributed by atoms with Gasteiger partial charge >= 0.3 is 0 Å². The smallest absolute Gasteiger partial charge is 0.0674 e. The van der Waals surface area contributed by atoms with Gasteiger partial charge in [-0.3, -0.25) is 4.90 Å². The molecule has 2 saturated heterocycles. The molecule has 2 aliphatic heterocycles. The Bertz CT molecular complexity index is 230. The number of morpholine rings is 1. The van der Waals surface area contributed by atoms with Crippen molar-refractivity contribution in [2.24, 2.45) is 0 Å². The summed E-state index contributed by atoms with van der Waals surface area (Å²) in [7, 11) is 0. The summed E-state index contributed by atoms with van der Waals surface area (Å²) in [4.78, 5) is 2.62. The first-order valence-corrected chi connectivity index (χ1v) is 6.10. The third-order valence-corrected chi connectivity index (χ3v) is 3.69. The van der Waals surface area contributed by atoms with E-state index in [1.807, 2.05) is 0 Å². The molecule has 0 spiro atoms. The normalized spacial score (nSPS) is 42.0. The van der Waals surface area contributed by atoms with Crippen LogP contribution in [0.15, 0.2) is 0 Å². The molecule has 3 atom stereocenters. The Morgan fingerprint density at radius 3 is 2.67 bits per heavy atom. The molecule has 2 heterocycles. The van der Waals surface area contributed by atoms with Crippen LogP contribution >= 0.6 is 0 Å². The van der Waals surface area contributed by atoms with E-state index in [0.29, 0.717) is 23.7 Å². The van der Waals surface area contributed by atoms with E-state index in [2.05, 4.69) is 37.9 Å². The van der Waals surface area contributed by atoms with Gasteiger partial charge in [0.15, 0.2) is 0 Å². The molecule has 0 amide bonds. The van der Waals surface area contributed by atoms with E-state index < -0.39 is 0 Å². The van der Waals surface area contributed by atoms with Crippen LogP contribution in [0.5, 0.6) is 0 Å². The molecule has 0 radical (unpaired) electrons. The van der Waals surface area contributed by atoms with E-state index in [4.69, 9.17) is 4.74 Å². The average molecular weight is 212 g/mol. The summed E-state index contributed by atoms with van der Waals surface area (Å²) in [6.07, 6.45) is 1.65. The maximum absolute atomic E-state index is 5.67. The molecule has 0 aromatic heterocycles. The topological polar surface area (TPSA) is 24.5 Å². The molecular formula is C12H24N2O. The summed E-state index contributed by atoms with van der Waals surface area (Å²) in [5, 5.41) is 3.60. The van der Waals surface area contributed by atoms with E-state index in [1.165, 1.54) is 6.42 Å². The van der Waals surface area contributed by atoms with Gasteiger partial charge in [0.2, 0.25) is 0 Å². The van der Waals surface area contributed by atoms with Crippen LogP contribution in [-0.2, 0) is 4.74 Å². The summed E-state index contributed by atoms with van der Waals surface area (Å²) < 4.78 is 5.67. The Hall–Kier alpha value is -0.120. The fourth-order valence-corrected chi connectivity index (χ4v) is 2.80. The number of nitrogens with one attached hydrogen (secondary N) is 1. The monoisotopic (exact) mass is 212 g/mol. The second-order valence-corrected chi connectivity index (χ2v) is 5.81. The standard InChI is InChI=1S/C12H24N2O/c1-9-8-15-10(2)7-14(9)11-5-12(3,4)13-6-11/h9-11,13H,5-8H2,1-4H3. The maximum atomic E-state index is 5.67. The van der Waals surface area contributed by atoms with Gasteiger partial charge in [-0.1, -0.05) is 0 Å². The van der Waals surface area contributed by atoms with Crippen LogP contribution < -0.4 is 5.32 Å². The Kier molecular flexibility index (Phi) is 3.06. The zero-order chi connectivity index (χ0) is 11.1. The molecular weight excluding hydrogens is 188 g/mol. The second-order valence-electron chi connectivity index (χ2n) is 5.81. The minimum Gasteiger partial charge on any atom is -0.376 e. The average Bonchev–Trinajstić information content (AvgIpc) is 2.50. The first-order chi connectivity index (χ1) is 6.98. The van der Waals surface area contributed by atoms with Gasteiger partial charge in [0.1, 0.15) is 0 Å². The van der Waals surface area contributed by atoms with E-state index in [9.17, 15) is 0 Å². The van der Waals surface area contributed by atoms with Crippen LogP contribution in [0.25, 0.3) is 0 Å². The van der Waals surface area contributed by atoms with Crippen LogP contribution in [-0.4, -0.2) is 48.3 Å². The highest BCUT2D eigenvalue weighted by atomic mass is 16.5. The number of hydrogen-bond acceptors (Lipinski definition) is 3.